The van der Waals surface area contributed by atoms with Gasteiger partial charge in [0.1, 0.15) is 17.2 Å². The molecule has 148 valence electrons. The van der Waals surface area contributed by atoms with E-state index in [4.69, 9.17) is 23.8 Å². The van der Waals surface area contributed by atoms with Gasteiger partial charge < -0.3 is 19.3 Å². The van der Waals surface area contributed by atoms with Crippen LogP contribution in [0.5, 0.6) is 17.2 Å². The Balaban J connectivity index is 2.02. The van der Waals surface area contributed by atoms with Crippen molar-refractivity contribution in [3.8, 4) is 17.2 Å². The highest BCUT2D eigenvalue weighted by Gasteiger charge is 2.38. The zero-order valence-electron chi connectivity index (χ0n) is 14.6. The molecule has 0 aliphatic carbocycles. The van der Waals surface area contributed by atoms with Crippen molar-refractivity contribution in [3.05, 3.63) is 54.1 Å². The Morgan fingerprint density at radius 2 is 1.63 bits per heavy atom. The minimum Gasteiger partial charge on any atom is -0.497 e. The summed E-state index contributed by atoms with van der Waals surface area (Å²) < 4.78 is 53.5. The van der Waals surface area contributed by atoms with Crippen molar-refractivity contribution in [2.24, 2.45) is 0 Å². The Morgan fingerprint density at radius 3 is 2.22 bits per heavy atom. The van der Waals surface area contributed by atoms with Gasteiger partial charge >= 0.3 is 7.60 Å². The molecule has 0 heterocycles. The molecular weight excluding hydrogens is 395 g/mol. The second-order valence-corrected chi connectivity index (χ2v) is 9.63. The van der Waals surface area contributed by atoms with Crippen LogP contribution in [0, 0.1) is 0 Å². The lowest BCUT2D eigenvalue weighted by atomic mass is 10.1. The highest BCUT2D eigenvalue weighted by molar-refractivity contribution is 7.93. The van der Waals surface area contributed by atoms with E-state index in [1.807, 2.05) is 0 Å². The molecular formula is C17H21O8PS. The zero-order chi connectivity index (χ0) is 20.1. The van der Waals surface area contributed by atoms with E-state index >= 15 is 0 Å². The Labute approximate surface area is 157 Å². The smallest absolute Gasteiger partial charge is 0.346 e. The quantitative estimate of drug-likeness (QED) is 0.420. The third kappa shape index (κ3) is 6.64. The van der Waals surface area contributed by atoms with E-state index in [1.165, 1.54) is 0 Å². The van der Waals surface area contributed by atoms with E-state index in [0.29, 0.717) is 23.7 Å². The molecule has 0 saturated heterocycles. The first-order valence-electron chi connectivity index (χ1n) is 8.02. The van der Waals surface area contributed by atoms with E-state index in [1.54, 1.807) is 55.6 Å². The predicted octanol–water partition coefficient (Wildman–Crippen LogP) is 3.20. The van der Waals surface area contributed by atoms with E-state index in [2.05, 4.69) is 0 Å². The Kier molecular flexibility index (Phi) is 7.02. The standard InChI is InChI=1S/C17H21O8PS/c1-24-14-7-4-9-16(12-14)25-15-8-2-5-13(11-15)6-3-10-17(26(18,19)20)27(21,22)23/h2,4-5,7-9,11-12,17H,3,6,10H2,1H3,(H2,18,19,20)(H,21,22,23). The SMILES string of the molecule is COc1cccc(Oc2cccc(CCCC(P(=O)(O)O)S(=O)(=O)O)c2)c1. The van der Waals surface area contributed by atoms with Gasteiger partial charge in [-0.3, -0.25) is 9.12 Å². The monoisotopic (exact) mass is 416 g/mol. The molecule has 2 aromatic rings. The molecule has 2 rings (SSSR count). The van der Waals surface area contributed by atoms with Crippen LogP contribution in [0.2, 0.25) is 0 Å². The lowest BCUT2D eigenvalue weighted by Gasteiger charge is -2.15. The molecule has 1 unspecified atom stereocenters. The largest absolute Gasteiger partial charge is 0.497 e. The first-order chi connectivity index (χ1) is 12.6. The molecule has 10 heteroatoms. The van der Waals surface area contributed by atoms with Gasteiger partial charge in [0.25, 0.3) is 10.1 Å². The first kappa shape index (κ1) is 21.4. The van der Waals surface area contributed by atoms with Gasteiger partial charge in [-0.15, -0.1) is 0 Å². The average molecular weight is 416 g/mol. The number of benzene rings is 2. The zero-order valence-corrected chi connectivity index (χ0v) is 16.3. The van der Waals surface area contributed by atoms with Gasteiger partial charge in [0.05, 0.1) is 7.11 Å². The van der Waals surface area contributed by atoms with Crippen molar-refractivity contribution in [1.82, 2.24) is 0 Å². The summed E-state index contributed by atoms with van der Waals surface area (Å²) in [7, 11) is -8.24. The highest BCUT2D eigenvalue weighted by atomic mass is 32.2. The summed E-state index contributed by atoms with van der Waals surface area (Å²) in [5.41, 5.74) is 0.801. The van der Waals surface area contributed by atoms with Crippen LogP contribution in [-0.2, 0) is 21.1 Å². The lowest BCUT2D eigenvalue weighted by molar-refractivity contribution is 0.360. The van der Waals surface area contributed by atoms with Crippen LogP contribution >= 0.6 is 7.60 Å². The van der Waals surface area contributed by atoms with Gasteiger partial charge in [0, 0.05) is 6.07 Å². The Morgan fingerprint density at radius 1 is 1.04 bits per heavy atom. The van der Waals surface area contributed by atoms with Gasteiger partial charge in [-0.25, -0.2) is 0 Å². The van der Waals surface area contributed by atoms with Gasteiger partial charge in [0.2, 0.25) is 0 Å². The number of methoxy groups -OCH3 is 1. The van der Waals surface area contributed by atoms with Crippen molar-refractivity contribution in [2.75, 3.05) is 7.11 Å². The van der Waals surface area contributed by atoms with E-state index in [-0.39, 0.29) is 12.8 Å². The molecule has 0 radical (unpaired) electrons. The number of hydrogen-bond acceptors (Lipinski definition) is 5. The maximum atomic E-state index is 11.3. The second kappa shape index (κ2) is 8.86. The second-order valence-electron chi connectivity index (χ2n) is 5.88. The average Bonchev–Trinajstić information content (AvgIpc) is 2.57. The Hall–Kier alpha value is -1.90. The van der Waals surface area contributed by atoms with E-state index < -0.39 is 22.7 Å². The summed E-state index contributed by atoms with van der Waals surface area (Å²) in [6.45, 7) is 0. The fourth-order valence-electron chi connectivity index (χ4n) is 2.54. The molecule has 8 nitrogen and oxygen atoms in total. The van der Waals surface area contributed by atoms with Crippen LogP contribution in [0.1, 0.15) is 18.4 Å². The molecule has 0 bridgehead atoms. The summed E-state index contributed by atoms with van der Waals surface area (Å²) in [6.07, 6.45) is 0.170. The van der Waals surface area contributed by atoms with Gasteiger partial charge in [-0.05, 0) is 49.1 Å². The van der Waals surface area contributed by atoms with Crippen molar-refractivity contribution in [2.45, 2.75) is 24.3 Å². The minimum absolute atomic E-state index is 0.165. The Bertz CT molecular complexity index is 922. The minimum atomic E-state index is -4.96. The molecule has 3 N–H and O–H groups in total. The van der Waals surface area contributed by atoms with E-state index in [0.717, 1.165) is 5.56 Å². The van der Waals surface area contributed by atoms with Crippen molar-refractivity contribution < 1.29 is 36.8 Å². The van der Waals surface area contributed by atoms with Crippen LogP contribution in [-0.4, -0.2) is 34.9 Å². The summed E-state index contributed by atoms with van der Waals surface area (Å²) in [5.74, 6) is 1.79. The first-order valence-corrected chi connectivity index (χ1v) is 11.2. The predicted molar refractivity (Wildman–Crippen MR) is 99.8 cm³/mol. The fourth-order valence-corrected chi connectivity index (χ4v) is 4.91. The summed E-state index contributed by atoms with van der Waals surface area (Å²) in [5, 5.41) is 0. The number of ether oxygens (including phenoxy) is 2. The topological polar surface area (TPSA) is 130 Å². The number of rotatable bonds is 9. The van der Waals surface area contributed by atoms with Crippen LogP contribution in [0.25, 0.3) is 0 Å². The number of hydrogen-bond donors (Lipinski definition) is 3. The summed E-state index contributed by atoms with van der Waals surface area (Å²) in [6, 6.07) is 14.1. The molecule has 0 amide bonds. The van der Waals surface area contributed by atoms with Crippen molar-refractivity contribution in [3.63, 3.8) is 0 Å². The normalized spacial score (nSPS) is 13.2. The third-order valence-corrected chi connectivity index (χ3v) is 7.37. The maximum Gasteiger partial charge on any atom is 0.346 e. The van der Waals surface area contributed by atoms with Gasteiger partial charge in [0.15, 0.2) is 4.99 Å². The third-order valence-electron chi connectivity index (χ3n) is 3.81. The molecule has 0 aromatic heterocycles. The van der Waals surface area contributed by atoms with Gasteiger partial charge in [-0.1, -0.05) is 18.2 Å². The molecule has 0 fully saturated rings. The van der Waals surface area contributed by atoms with E-state index in [9.17, 15) is 13.0 Å². The number of aryl methyl sites for hydroxylation is 1. The van der Waals surface area contributed by atoms with Crippen molar-refractivity contribution in [1.29, 1.82) is 0 Å². The molecule has 0 saturated carbocycles. The molecule has 0 aliphatic heterocycles. The van der Waals surface area contributed by atoms with Gasteiger partial charge in [-0.2, -0.15) is 8.42 Å². The summed E-state index contributed by atoms with van der Waals surface area (Å²) in [4.78, 5) is 16.1. The molecule has 0 aliphatic rings. The fraction of sp³-hybridized carbons (Fsp3) is 0.294. The van der Waals surface area contributed by atoms with Crippen LogP contribution in [0.4, 0.5) is 0 Å². The molecule has 0 spiro atoms. The van der Waals surface area contributed by atoms with Crippen LogP contribution in [0.15, 0.2) is 48.5 Å². The summed E-state index contributed by atoms with van der Waals surface area (Å²) >= 11 is 0. The van der Waals surface area contributed by atoms with Crippen LogP contribution < -0.4 is 9.47 Å². The van der Waals surface area contributed by atoms with Crippen LogP contribution in [0.3, 0.4) is 0 Å². The molecule has 27 heavy (non-hydrogen) atoms. The van der Waals surface area contributed by atoms with Crippen molar-refractivity contribution >= 4 is 17.7 Å². The molecule has 2 aromatic carbocycles. The lowest BCUT2D eigenvalue weighted by Crippen LogP contribution is -2.20. The highest BCUT2D eigenvalue weighted by Crippen LogP contribution is 2.46. The maximum absolute atomic E-state index is 11.3. The molecule has 1 atom stereocenters.